The maximum atomic E-state index is 11.0. The molecule has 0 aliphatic heterocycles. The van der Waals surface area contributed by atoms with Crippen LogP contribution in [-0.4, -0.2) is 28.5 Å². The van der Waals surface area contributed by atoms with Gasteiger partial charge >= 0.3 is 0 Å². The summed E-state index contributed by atoms with van der Waals surface area (Å²) in [4.78, 5) is 19.3. The summed E-state index contributed by atoms with van der Waals surface area (Å²) in [6.45, 7) is 6.51. The first-order valence-corrected chi connectivity index (χ1v) is 5.73. The van der Waals surface area contributed by atoms with Crippen LogP contribution in [0.15, 0.2) is 6.33 Å². The van der Waals surface area contributed by atoms with E-state index in [0.717, 1.165) is 24.3 Å². The largest absolute Gasteiger partial charge is 0.370 e. The molecule has 1 unspecified atom stereocenters. The number of primary amides is 1. The highest BCUT2D eigenvalue weighted by Gasteiger charge is 2.14. The predicted molar refractivity (Wildman–Crippen MR) is 67.9 cm³/mol. The van der Waals surface area contributed by atoms with Gasteiger partial charge in [-0.25, -0.2) is 9.97 Å². The Morgan fingerprint density at radius 2 is 2.06 bits per heavy atom. The van der Waals surface area contributed by atoms with Crippen molar-refractivity contribution in [3.63, 3.8) is 0 Å². The molecule has 0 saturated heterocycles. The second-order valence-corrected chi connectivity index (χ2v) is 3.70. The van der Waals surface area contributed by atoms with Gasteiger partial charge in [0.25, 0.3) is 0 Å². The van der Waals surface area contributed by atoms with Crippen LogP contribution in [-0.2, 0) is 11.2 Å². The molecule has 0 saturated carbocycles. The highest BCUT2D eigenvalue weighted by atomic mass is 16.1. The van der Waals surface area contributed by atoms with Crippen molar-refractivity contribution in [2.24, 2.45) is 5.73 Å². The van der Waals surface area contributed by atoms with Crippen molar-refractivity contribution in [3.8, 4) is 0 Å². The molecule has 6 heteroatoms. The van der Waals surface area contributed by atoms with E-state index < -0.39 is 11.9 Å². The van der Waals surface area contributed by atoms with Gasteiger partial charge in [0.1, 0.15) is 24.0 Å². The van der Waals surface area contributed by atoms with Gasteiger partial charge < -0.3 is 16.4 Å². The first kappa shape index (κ1) is 13.2. The van der Waals surface area contributed by atoms with Gasteiger partial charge in [-0.3, -0.25) is 4.79 Å². The van der Waals surface area contributed by atoms with Gasteiger partial charge in [0.2, 0.25) is 5.91 Å². The first-order chi connectivity index (χ1) is 8.10. The van der Waals surface area contributed by atoms with Gasteiger partial charge in [0, 0.05) is 12.1 Å². The average Bonchev–Trinajstić information content (AvgIpc) is 2.29. The Hall–Kier alpha value is -1.85. The maximum absolute atomic E-state index is 11.0. The summed E-state index contributed by atoms with van der Waals surface area (Å²) >= 11 is 0. The van der Waals surface area contributed by atoms with Crippen LogP contribution >= 0.6 is 0 Å². The lowest BCUT2D eigenvalue weighted by atomic mass is 10.2. The topological polar surface area (TPSA) is 92.9 Å². The lowest BCUT2D eigenvalue weighted by molar-refractivity contribution is -0.118. The molecule has 1 rings (SSSR count). The SMILES string of the molecule is CCNc1ncnc(NC(C)C(N)=O)c1CC. The number of nitrogens with two attached hydrogens (primary N) is 1. The number of nitrogens with zero attached hydrogens (tertiary/aromatic N) is 2. The quantitative estimate of drug-likeness (QED) is 0.679. The summed E-state index contributed by atoms with van der Waals surface area (Å²) in [6.07, 6.45) is 2.24. The van der Waals surface area contributed by atoms with Gasteiger partial charge in [0.05, 0.1) is 0 Å². The lowest BCUT2D eigenvalue weighted by Gasteiger charge is -2.16. The van der Waals surface area contributed by atoms with Crippen LogP contribution in [0.1, 0.15) is 26.3 Å². The number of carbonyl (C=O) groups excluding carboxylic acids is 1. The minimum atomic E-state index is -0.454. The third kappa shape index (κ3) is 3.30. The second-order valence-electron chi connectivity index (χ2n) is 3.70. The molecule has 1 heterocycles. The number of hydrogen-bond donors (Lipinski definition) is 3. The molecule has 0 aromatic carbocycles. The number of aromatic nitrogens is 2. The highest BCUT2D eigenvalue weighted by molar-refractivity contribution is 5.82. The Kier molecular flexibility index (Phi) is 4.68. The Morgan fingerprint density at radius 1 is 1.41 bits per heavy atom. The summed E-state index contributed by atoms with van der Waals surface area (Å²) in [5.74, 6) is 1.05. The number of amides is 1. The molecule has 94 valence electrons. The Morgan fingerprint density at radius 3 is 2.59 bits per heavy atom. The van der Waals surface area contributed by atoms with Crippen LogP contribution in [0.4, 0.5) is 11.6 Å². The van der Waals surface area contributed by atoms with Crippen molar-refractivity contribution in [1.82, 2.24) is 9.97 Å². The standard InChI is InChI=1S/C11H19N5O/c1-4-8-10(13-5-2)14-6-15-11(8)16-7(3)9(12)17/h6-7H,4-5H2,1-3H3,(H2,12,17)(H2,13,14,15,16). The van der Waals surface area contributed by atoms with Gasteiger partial charge in [0.15, 0.2) is 0 Å². The molecule has 1 amide bonds. The molecule has 0 aliphatic rings. The molecular weight excluding hydrogens is 218 g/mol. The van der Waals surface area contributed by atoms with E-state index in [9.17, 15) is 4.79 Å². The van der Waals surface area contributed by atoms with Gasteiger partial charge in [-0.05, 0) is 20.3 Å². The average molecular weight is 237 g/mol. The van der Waals surface area contributed by atoms with E-state index in [1.54, 1.807) is 6.92 Å². The van der Waals surface area contributed by atoms with Crippen LogP contribution in [0.5, 0.6) is 0 Å². The monoisotopic (exact) mass is 237 g/mol. The second kappa shape index (κ2) is 6.03. The van der Waals surface area contributed by atoms with Crippen molar-refractivity contribution < 1.29 is 4.79 Å². The van der Waals surface area contributed by atoms with Crippen LogP contribution in [0.2, 0.25) is 0 Å². The number of nitrogens with one attached hydrogen (secondary N) is 2. The Bertz CT molecular complexity index is 393. The van der Waals surface area contributed by atoms with Crippen LogP contribution in [0.25, 0.3) is 0 Å². The smallest absolute Gasteiger partial charge is 0.239 e. The van der Waals surface area contributed by atoms with E-state index >= 15 is 0 Å². The van der Waals surface area contributed by atoms with Crippen molar-refractivity contribution in [3.05, 3.63) is 11.9 Å². The van der Waals surface area contributed by atoms with Gasteiger partial charge in [-0.2, -0.15) is 0 Å². The van der Waals surface area contributed by atoms with Gasteiger partial charge in [-0.1, -0.05) is 6.92 Å². The molecule has 0 spiro atoms. The van der Waals surface area contributed by atoms with Crippen LogP contribution in [0, 0.1) is 0 Å². The third-order valence-corrected chi connectivity index (χ3v) is 2.42. The summed E-state index contributed by atoms with van der Waals surface area (Å²) in [7, 11) is 0. The third-order valence-electron chi connectivity index (χ3n) is 2.42. The van der Waals surface area contributed by atoms with E-state index in [1.807, 2.05) is 13.8 Å². The lowest BCUT2D eigenvalue weighted by Crippen LogP contribution is -2.33. The zero-order valence-corrected chi connectivity index (χ0v) is 10.4. The molecule has 0 bridgehead atoms. The molecule has 0 aliphatic carbocycles. The van der Waals surface area contributed by atoms with E-state index in [1.165, 1.54) is 6.33 Å². The summed E-state index contributed by atoms with van der Waals surface area (Å²) in [5.41, 5.74) is 6.17. The normalized spacial score (nSPS) is 11.9. The van der Waals surface area contributed by atoms with Crippen molar-refractivity contribution in [2.45, 2.75) is 33.2 Å². The number of rotatable bonds is 6. The molecule has 1 aromatic heterocycles. The van der Waals surface area contributed by atoms with E-state index in [4.69, 9.17) is 5.73 Å². The number of hydrogen-bond acceptors (Lipinski definition) is 5. The number of anilines is 2. The molecule has 17 heavy (non-hydrogen) atoms. The molecule has 6 nitrogen and oxygen atoms in total. The van der Waals surface area contributed by atoms with Crippen LogP contribution < -0.4 is 16.4 Å². The molecule has 0 radical (unpaired) electrons. The molecule has 1 atom stereocenters. The van der Waals surface area contributed by atoms with Crippen LogP contribution in [0.3, 0.4) is 0 Å². The first-order valence-electron chi connectivity index (χ1n) is 5.73. The predicted octanol–water partition coefficient (Wildman–Crippen LogP) is 0.756. The minimum Gasteiger partial charge on any atom is -0.370 e. The van der Waals surface area contributed by atoms with Crippen molar-refractivity contribution in [1.29, 1.82) is 0 Å². The molecule has 4 N–H and O–H groups in total. The maximum Gasteiger partial charge on any atom is 0.239 e. The summed E-state index contributed by atoms with van der Waals surface area (Å²) < 4.78 is 0. The minimum absolute atomic E-state index is 0.407. The summed E-state index contributed by atoms with van der Waals surface area (Å²) in [5, 5.41) is 6.16. The van der Waals surface area contributed by atoms with E-state index in [2.05, 4.69) is 20.6 Å². The summed E-state index contributed by atoms with van der Waals surface area (Å²) in [6, 6.07) is -0.454. The molecule has 0 fully saturated rings. The highest BCUT2D eigenvalue weighted by Crippen LogP contribution is 2.20. The zero-order chi connectivity index (χ0) is 12.8. The van der Waals surface area contributed by atoms with Gasteiger partial charge in [-0.15, -0.1) is 0 Å². The van der Waals surface area contributed by atoms with E-state index in [-0.39, 0.29) is 0 Å². The van der Waals surface area contributed by atoms with Crippen molar-refractivity contribution >= 4 is 17.5 Å². The molecular formula is C11H19N5O. The Balaban J connectivity index is 2.98. The Labute approximate surface area is 101 Å². The van der Waals surface area contributed by atoms with Crippen molar-refractivity contribution in [2.75, 3.05) is 17.2 Å². The van der Waals surface area contributed by atoms with E-state index in [0.29, 0.717) is 5.82 Å². The number of carbonyl (C=O) groups is 1. The fourth-order valence-corrected chi connectivity index (χ4v) is 1.47. The molecule has 1 aromatic rings. The fraction of sp³-hybridized carbons (Fsp3) is 0.545. The zero-order valence-electron chi connectivity index (χ0n) is 10.4. The fourth-order valence-electron chi connectivity index (χ4n) is 1.47.